The van der Waals surface area contributed by atoms with Crippen LogP contribution in [-0.2, 0) is 23.4 Å². The predicted octanol–water partition coefficient (Wildman–Crippen LogP) is 0.333. The monoisotopic (exact) mass is 245 g/mol. The summed E-state index contributed by atoms with van der Waals surface area (Å²) < 4.78 is 24.5. The molecule has 0 saturated heterocycles. The lowest BCUT2D eigenvalue weighted by molar-refractivity contribution is 0.542. The van der Waals surface area contributed by atoms with E-state index in [0.29, 0.717) is 6.54 Å². The lowest BCUT2D eigenvalue weighted by Crippen LogP contribution is -2.33. The van der Waals surface area contributed by atoms with Crippen molar-refractivity contribution in [1.82, 2.24) is 15.1 Å². The van der Waals surface area contributed by atoms with Crippen LogP contribution in [0, 0.1) is 0 Å². The van der Waals surface area contributed by atoms with Gasteiger partial charge in [-0.05, 0) is 13.0 Å². The molecule has 0 fully saturated rings. The Morgan fingerprint density at radius 3 is 2.75 bits per heavy atom. The zero-order valence-electron chi connectivity index (χ0n) is 9.97. The van der Waals surface area contributed by atoms with E-state index in [0.717, 1.165) is 5.69 Å². The van der Waals surface area contributed by atoms with Gasteiger partial charge >= 0.3 is 0 Å². The van der Waals surface area contributed by atoms with Crippen molar-refractivity contribution in [2.24, 2.45) is 7.05 Å². The van der Waals surface area contributed by atoms with Crippen LogP contribution in [0.5, 0.6) is 0 Å². The Hall–Kier alpha value is -0.880. The minimum absolute atomic E-state index is 0.0418. The molecule has 92 valence electrons. The van der Waals surface area contributed by atoms with Crippen molar-refractivity contribution < 1.29 is 8.42 Å². The maximum absolute atomic E-state index is 11.4. The first-order valence-electron chi connectivity index (χ1n) is 5.35. The molecular weight excluding hydrogens is 226 g/mol. The Kier molecular flexibility index (Phi) is 4.49. The summed E-state index contributed by atoms with van der Waals surface area (Å²) in [7, 11) is -1.04. The quantitative estimate of drug-likeness (QED) is 0.784. The van der Waals surface area contributed by atoms with E-state index in [1.54, 1.807) is 17.8 Å². The zero-order chi connectivity index (χ0) is 12.2. The number of nitrogens with zero attached hydrogens (tertiary/aromatic N) is 2. The van der Waals surface area contributed by atoms with Gasteiger partial charge in [-0.3, -0.25) is 4.68 Å². The Labute approximate surface area is 96.8 Å². The number of rotatable bonds is 6. The van der Waals surface area contributed by atoms with Crippen LogP contribution < -0.4 is 5.32 Å². The third-order valence-electron chi connectivity index (χ3n) is 2.50. The molecule has 0 aliphatic heterocycles. The average molecular weight is 245 g/mol. The summed E-state index contributed by atoms with van der Waals surface area (Å²) in [5.41, 5.74) is 1.04. The summed E-state index contributed by atoms with van der Waals surface area (Å²) in [5, 5.41) is 7.22. The predicted molar refractivity (Wildman–Crippen MR) is 63.8 cm³/mol. The van der Waals surface area contributed by atoms with Gasteiger partial charge in [0.05, 0.1) is 11.4 Å². The van der Waals surface area contributed by atoms with Crippen molar-refractivity contribution in [1.29, 1.82) is 0 Å². The van der Waals surface area contributed by atoms with E-state index >= 15 is 0 Å². The molecule has 1 unspecified atom stereocenters. The zero-order valence-corrected chi connectivity index (χ0v) is 10.8. The molecule has 0 aromatic carbocycles. The summed E-state index contributed by atoms with van der Waals surface area (Å²) in [6.45, 7) is 4.18. The molecule has 0 aliphatic carbocycles. The second-order valence-electron chi connectivity index (χ2n) is 3.93. The average Bonchev–Trinajstić information content (AvgIpc) is 2.60. The van der Waals surface area contributed by atoms with E-state index in [-0.39, 0.29) is 17.5 Å². The van der Waals surface area contributed by atoms with Crippen LogP contribution in [0.25, 0.3) is 0 Å². The molecule has 1 aromatic rings. The van der Waals surface area contributed by atoms with Gasteiger partial charge in [-0.15, -0.1) is 0 Å². The van der Waals surface area contributed by atoms with Crippen LogP contribution >= 0.6 is 0 Å². The summed E-state index contributed by atoms with van der Waals surface area (Å²) in [4.78, 5) is 0. The van der Waals surface area contributed by atoms with Gasteiger partial charge < -0.3 is 5.32 Å². The highest BCUT2D eigenvalue weighted by molar-refractivity contribution is 7.91. The Bertz CT molecular complexity index is 425. The molecule has 1 aromatic heterocycles. The number of aromatic nitrogens is 2. The molecule has 0 spiro atoms. The first kappa shape index (κ1) is 13.2. The molecule has 1 rings (SSSR count). The highest BCUT2D eigenvalue weighted by Crippen LogP contribution is 1.99. The van der Waals surface area contributed by atoms with Gasteiger partial charge in [0.15, 0.2) is 9.84 Å². The molecule has 6 heteroatoms. The molecule has 0 bridgehead atoms. The number of nitrogens with one attached hydrogen (secondary N) is 1. The van der Waals surface area contributed by atoms with E-state index < -0.39 is 9.84 Å². The molecule has 1 heterocycles. The summed E-state index contributed by atoms with van der Waals surface area (Å²) in [6.07, 6.45) is 1.73. The normalized spacial score (nSPS) is 13.9. The van der Waals surface area contributed by atoms with Crippen molar-refractivity contribution in [2.75, 3.05) is 11.5 Å². The van der Waals surface area contributed by atoms with Gasteiger partial charge in [-0.2, -0.15) is 5.10 Å². The van der Waals surface area contributed by atoms with Crippen molar-refractivity contribution >= 4 is 9.84 Å². The number of aryl methyl sites for hydroxylation is 1. The molecule has 0 amide bonds. The van der Waals surface area contributed by atoms with E-state index in [1.807, 2.05) is 20.0 Å². The third kappa shape index (κ3) is 3.94. The third-order valence-corrected chi connectivity index (χ3v) is 4.39. The SMILES string of the molecule is CCS(=O)(=O)CC(C)NCc1ccnn1C. The molecular formula is C10H19N3O2S. The minimum Gasteiger partial charge on any atom is -0.308 e. The lowest BCUT2D eigenvalue weighted by atomic mass is 10.3. The number of hydrogen-bond donors (Lipinski definition) is 1. The molecule has 0 saturated carbocycles. The van der Waals surface area contributed by atoms with E-state index in [2.05, 4.69) is 10.4 Å². The van der Waals surface area contributed by atoms with Crippen LogP contribution in [0.4, 0.5) is 0 Å². The Balaban J connectivity index is 2.42. The maximum Gasteiger partial charge on any atom is 0.151 e. The van der Waals surface area contributed by atoms with Gasteiger partial charge in [0.1, 0.15) is 0 Å². The number of hydrogen-bond acceptors (Lipinski definition) is 4. The van der Waals surface area contributed by atoms with Crippen LogP contribution in [-0.4, -0.2) is 35.7 Å². The molecule has 16 heavy (non-hydrogen) atoms. The topological polar surface area (TPSA) is 64.0 Å². The second-order valence-corrected chi connectivity index (χ2v) is 6.32. The molecule has 0 radical (unpaired) electrons. The van der Waals surface area contributed by atoms with Gasteiger partial charge in [-0.25, -0.2) is 8.42 Å². The summed E-state index contributed by atoms with van der Waals surface area (Å²) >= 11 is 0. The van der Waals surface area contributed by atoms with Crippen molar-refractivity contribution in [3.63, 3.8) is 0 Å². The number of sulfone groups is 1. The van der Waals surface area contributed by atoms with Crippen molar-refractivity contribution in [3.8, 4) is 0 Å². The maximum atomic E-state index is 11.4. The highest BCUT2D eigenvalue weighted by Gasteiger charge is 2.13. The molecule has 0 aliphatic rings. The van der Waals surface area contributed by atoms with Gasteiger partial charge in [0.25, 0.3) is 0 Å². The first-order valence-corrected chi connectivity index (χ1v) is 7.17. The van der Waals surface area contributed by atoms with Crippen LogP contribution in [0.15, 0.2) is 12.3 Å². The summed E-state index contributed by atoms with van der Waals surface area (Å²) in [6, 6.07) is 1.87. The fourth-order valence-corrected chi connectivity index (χ4v) is 2.53. The standard InChI is InChI=1S/C10H19N3O2S/c1-4-16(14,15)8-9(2)11-7-10-5-6-12-13(10)3/h5-6,9,11H,4,7-8H2,1-3H3. The first-order chi connectivity index (χ1) is 7.44. The van der Waals surface area contributed by atoms with Crippen molar-refractivity contribution in [2.45, 2.75) is 26.4 Å². The summed E-state index contributed by atoms with van der Waals surface area (Å²) in [5.74, 6) is 0.381. The van der Waals surface area contributed by atoms with E-state index in [4.69, 9.17) is 0 Å². The Morgan fingerprint density at radius 2 is 2.25 bits per heavy atom. The second kappa shape index (κ2) is 5.45. The lowest BCUT2D eigenvalue weighted by Gasteiger charge is -2.13. The molecule has 5 nitrogen and oxygen atoms in total. The fraction of sp³-hybridized carbons (Fsp3) is 0.700. The van der Waals surface area contributed by atoms with E-state index in [9.17, 15) is 8.42 Å². The van der Waals surface area contributed by atoms with Crippen LogP contribution in [0.1, 0.15) is 19.5 Å². The highest BCUT2D eigenvalue weighted by atomic mass is 32.2. The van der Waals surface area contributed by atoms with Gasteiger partial charge in [0, 0.05) is 31.6 Å². The molecule has 1 N–H and O–H groups in total. The molecule has 1 atom stereocenters. The smallest absolute Gasteiger partial charge is 0.151 e. The van der Waals surface area contributed by atoms with Gasteiger partial charge in [-0.1, -0.05) is 6.92 Å². The van der Waals surface area contributed by atoms with Crippen molar-refractivity contribution in [3.05, 3.63) is 18.0 Å². The Morgan fingerprint density at radius 1 is 1.56 bits per heavy atom. The largest absolute Gasteiger partial charge is 0.308 e. The van der Waals surface area contributed by atoms with Crippen LogP contribution in [0.3, 0.4) is 0 Å². The van der Waals surface area contributed by atoms with Gasteiger partial charge in [0.2, 0.25) is 0 Å². The fourth-order valence-electron chi connectivity index (χ4n) is 1.41. The van der Waals surface area contributed by atoms with Crippen LogP contribution in [0.2, 0.25) is 0 Å². The van der Waals surface area contributed by atoms with E-state index in [1.165, 1.54) is 0 Å². The minimum atomic E-state index is -2.90.